The van der Waals surface area contributed by atoms with Crippen molar-refractivity contribution in [2.24, 2.45) is 17.3 Å². The minimum absolute atomic E-state index is 0.0674. The third-order valence-electron chi connectivity index (χ3n) is 4.53. The molecule has 1 heterocycles. The molecule has 3 nitrogen and oxygen atoms in total. The molecular formula is C19H31NO2. The first-order valence-electron chi connectivity index (χ1n) is 8.56. The standard InChI is InChI=1S/C19H31NO2/c1-14-7-6-8-16(11-14)13-20-10-9-17(15(2)12-20)22-18(21)19(3,4)5/h6,8,11,14-15,17H,7,9-10,12-13H2,1-5H3/t14?,15-,17-/m0/s1. The Morgan fingerprint density at radius 3 is 2.68 bits per heavy atom. The van der Waals surface area contributed by atoms with Gasteiger partial charge in [0.2, 0.25) is 0 Å². The average Bonchev–Trinajstić information content (AvgIpc) is 2.40. The quantitative estimate of drug-likeness (QED) is 0.743. The van der Waals surface area contributed by atoms with Crippen LogP contribution in [0.1, 0.15) is 47.5 Å². The van der Waals surface area contributed by atoms with Crippen LogP contribution in [0, 0.1) is 17.3 Å². The van der Waals surface area contributed by atoms with E-state index in [1.54, 1.807) is 0 Å². The number of ether oxygens (including phenoxy) is 1. The van der Waals surface area contributed by atoms with Crippen LogP contribution in [0.4, 0.5) is 0 Å². The summed E-state index contributed by atoms with van der Waals surface area (Å²) in [5.74, 6) is 0.970. The Kier molecular flexibility index (Phi) is 5.49. The molecule has 124 valence electrons. The van der Waals surface area contributed by atoms with E-state index >= 15 is 0 Å². The Labute approximate surface area is 135 Å². The summed E-state index contributed by atoms with van der Waals surface area (Å²) in [6.45, 7) is 13.2. The van der Waals surface area contributed by atoms with Gasteiger partial charge in [0.1, 0.15) is 6.10 Å². The van der Waals surface area contributed by atoms with E-state index in [0.717, 1.165) is 32.5 Å². The lowest BCUT2D eigenvalue weighted by atomic mass is 9.93. The lowest BCUT2D eigenvalue weighted by Crippen LogP contribution is -2.45. The molecule has 2 rings (SSSR count). The fraction of sp³-hybridized carbons (Fsp3) is 0.737. The van der Waals surface area contributed by atoms with Crippen LogP contribution in [0.5, 0.6) is 0 Å². The van der Waals surface area contributed by atoms with E-state index in [-0.39, 0.29) is 12.1 Å². The Balaban J connectivity index is 1.85. The Morgan fingerprint density at radius 2 is 2.09 bits per heavy atom. The van der Waals surface area contributed by atoms with Crippen LogP contribution in [-0.4, -0.2) is 36.6 Å². The highest BCUT2D eigenvalue weighted by molar-refractivity contribution is 5.75. The average molecular weight is 305 g/mol. The number of esters is 1. The second-order valence-electron chi connectivity index (χ2n) is 8.05. The molecule has 22 heavy (non-hydrogen) atoms. The van der Waals surface area contributed by atoms with Gasteiger partial charge in [0, 0.05) is 25.6 Å². The van der Waals surface area contributed by atoms with Gasteiger partial charge in [-0.2, -0.15) is 0 Å². The Bertz CT molecular complexity index is 459. The molecule has 3 heteroatoms. The zero-order chi connectivity index (χ0) is 16.3. The van der Waals surface area contributed by atoms with Crippen molar-refractivity contribution < 1.29 is 9.53 Å². The molecule has 0 saturated carbocycles. The van der Waals surface area contributed by atoms with Crippen LogP contribution in [-0.2, 0) is 9.53 Å². The first kappa shape index (κ1) is 17.3. The van der Waals surface area contributed by atoms with E-state index in [0.29, 0.717) is 11.8 Å². The van der Waals surface area contributed by atoms with Gasteiger partial charge >= 0.3 is 5.97 Å². The van der Waals surface area contributed by atoms with Crippen LogP contribution >= 0.6 is 0 Å². The number of carbonyl (C=O) groups is 1. The fourth-order valence-corrected chi connectivity index (χ4v) is 3.13. The number of hydrogen-bond donors (Lipinski definition) is 0. The monoisotopic (exact) mass is 305 g/mol. The summed E-state index contributed by atoms with van der Waals surface area (Å²) >= 11 is 0. The van der Waals surface area contributed by atoms with Gasteiger partial charge in [0.25, 0.3) is 0 Å². The topological polar surface area (TPSA) is 29.5 Å². The number of rotatable bonds is 3. The maximum atomic E-state index is 12.1. The molecule has 0 aromatic carbocycles. The highest BCUT2D eigenvalue weighted by Gasteiger charge is 2.32. The summed E-state index contributed by atoms with van der Waals surface area (Å²) in [5.41, 5.74) is 1.01. The molecule has 0 aromatic rings. The minimum atomic E-state index is -0.412. The third kappa shape index (κ3) is 4.70. The normalized spacial score (nSPS) is 30.0. The van der Waals surface area contributed by atoms with Crippen molar-refractivity contribution in [2.75, 3.05) is 19.6 Å². The van der Waals surface area contributed by atoms with Crippen LogP contribution in [0.3, 0.4) is 0 Å². The zero-order valence-corrected chi connectivity index (χ0v) is 14.8. The number of allylic oxidation sites excluding steroid dienone is 2. The summed E-state index contributed by atoms with van der Waals surface area (Å²) in [5, 5.41) is 0. The van der Waals surface area contributed by atoms with E-state index in [9.17, 15) is 4.79 Å². The molecule has 0 bridgehead atoms. The molecule has 1 fully saturated rings. The number of hydrogen-bond acceptors (Lipinski definition) is 3. The number of likely N-dealkylation sites (tertiary alicyclic amines) is 1. The van der Waals surface area contributed by atoms with Crippen molar-refractivity contribution in [2.45, 2.75) is 53.6 Å². The van der Waals surface area contributed by atoms with E-state index in [2.05, 4.69) is 37.0 Å². The van der Waals surface area contributed by atoms with Crippen LogP contribution in [0.2, 0.25) is 0 Å². The van der Waals surface area contributed by atoms with Gasteiger partial charge in [0.05, 0.1) is 5.41 Å². The van der Waals surface area contributed by atoms with Crippen molar-refractivity contribution in [1.82, 2.24) is 4.90 Å². The smallest absolute Gasteiger partial charge is 0.311 e. The molecule has 0 radical (unpaired) electrons. The van der Waals surface area contributed by atoms with Crippen LogP contribution in [0.15, 0.2) is 23.8 Å². The van der Waals surface area contributed by atoms with Crippen molar-refractivity contribution >= 4 is 5.97 Å². The van der Waals surface area contributed by atoms with Gasteiger partial charge in [-0.25, -0.2) is 0 Å². The fourth-order valence-electron chi connectivity index (χ4n) is 3.13. The molecule has 1 aliphatic heterocycles. The molecule has 0 N–H and O–H groups in total. The van der Waals surface area contributed by atoms with E-state index < -0.39 is 5.41 Å². The minimum Gasteiger partial charge on any atom is -0.462 e. The van der Waals surface area contributed by atoms with Gasteiger partial charge in [-0.15, -0.1) is 0 Å². The second kappa shape index (κ2) is 6.99. The van der Waals surface area contributed by atoms with Gasteiger partial charge in [-0.1, -0.05) is 32.1 Å². The molecule has 1 aliphatic carbocycles. The van der Waals surface area contributed by atoms with Crippen molar-refractivity contribution in [3.63, 3.8) is 0 Å². The first-order chi connectivity index (χ1) is 10.3. The van der Waals surface area contributed by atoms with Gasteiger partial charge in [-0.3, -0.25) is 9.69 Å². The number of piperidine rings is 1. The Morgan fingerprint density at radius 1 is 1.36 bits per heavy atom. The van der Waals surface area contributed by atoms with Crippen molar-refractivity contribution in [3.05, 3.63) is 23.8 Å². The van der Waals surface area contributed by atoms with Crippen LogP contribution < -0.4 is 0 Å². The molecule has 1 saturated heterocycles. The number of carbonyl (C=O) groups excluding carboxylic acids is 1. The first-order valence-corrected chi connectivity index (χ1v) is 8.56. The highest BCUT2D eigenvalue weighted by atomic mass is 16.5. The third-order valence-corrected chi connectivity index (χ3v) is 4.53. The van der Waals surface area contributed by atoms with E-state index in [4.69, 9.17) is 4.74 Å². The summed E-state index contributed by atoms with van der Waals surface area (Å²) in [6, 6.07) is 0. The zero-order valence-electron chi connectivity index (χ0n) is 14.8. The lowest BCUT2D eigenvalue weighted by molar-refractivity contribution is -0.163. The molecule has 0 amide bonds. The van der Waals surface area contributed by atoms with E-state index in [1.807, 2.05) is 20.8 Å². The van der Waals surface area contributed by atoms with E-state index in [1.165, 1.54) is 5.57 Å². The lowest BCUT2D eigenvalue weighted by Gasteiger charge is -2.37. The van der Waals surface area contributed by atoms with Gasteiger partial charge in [-0.05, 0) is 45.1 Å². The Hall–Kier alpha value is -1.09. The summed E-state index contributed by atoms with van der Waals surface area (Å²) in [6.07, 6.45) is 9.09. The summed E-state index contributed by atoms with van der Waals surface area (Å²) < 4.78 is 5.73. The van der Waals surface area contributed by atoms with Crippen molar-refractivity contribution in [3.8, 4) is 0 Å². The SMILES string of the molecule is CC1C=C(CN2CC[C@H](OC(=O)C(C)(C)C)[C@@H](C)C2)C=CC1. The summed E-state index contributed by atoms with van der Waals surface area (Å²) in [7, 11) is 0. The molecule has 2 aliphatic rings. The predicted molar refractivity (Wildman–Crippen MR) is 90.6 cm³/mol. The molecule has 0 aromatic heterocycles. The predicted octanol–water partition coefficient (Wildman–Crippen LogP) is 3.81. The van der Waals surface area contributed by atoms with Gasteiger partial charge < -0.3 is 4.74 Å². The highest BCUT2D eigenvalue weighted by Crippen LogP contribution is 2.25. The molecule has 0 spiro atoms. The largest absolute Gasteiger partial charge is 0.462 e. The summed E-state index contributed by atoms with van der Waals surface area (Å²) in [4.78, 5) is 14.5. The van der Waals surface area contributed by atoms with Crippen LogP contribution in [0.25, 0.3) is 0 Å². The second-order valence-corrected chi connectivity index (χ2v) is 8.05. The number of nitrogens with zero attached hydrogens (tertiary/aromatic N) is 1. The molecule has 1 unspecified atom stereocenters. The molecule has 3 atom stereocenters. The maximum absolute atomic E-state index is 12.1. The van der Waals surface area contributed by atoms with Gasteiger partial charge in [0.15, 0.2) is 0 Å². The molecular weight excluding hydrogens is 274 g/mol. The van der Waals surface area contributed by atoms with Crippen molar-refractivity contribution in [1.29, 1.82) is 0 Å². The maximum Gasteiger partial charge on any atom is 0.311 e.